The van der Waals surface area contributed by atoms with Crippen LogP contribution in [0.1, 0.15) is 10.5 Å². The second-order valence-corrected chi connectivity index (χ2v) is 7.06. The first-order chi connectivity index (χ1) is 13.7. The number of rotatable bonds is 4. The molecule has 1 amide bonds. The first-order valence-electron chi connectivity index (χ1n) is 8.85. The third kappa shape index (κ3) is 3.57. The van der Waals surface area contributed by atoms with Gasteiger partial charge >= 0.3 is 0 Å². The third-order valence-electron chi connectivity index (χ3n) is 4.66. The zero-order chi connectivity index (χ0) is 19.5. The summed E-state index contributed by atoms with van der Waals surface area (Å²) in [6, 6.07) is 6.07. The van der Waals surface area contributed by atoms with E-state index >= 15 is 0 Å². The highest BCUT2D eigenvalue weighted by atomic mass is 32.2. The number of imidazole rings is 1. The van der Waals surface area contributed by atoms with Crippen LogP contribution in [0.5, 0.6) is 0 Å². The molecule has 3 heterocycles. The fourth-order valence-corrected chi connectivity index (χ4v) is 3.77. The van der Waals surface area contributed by atoms with Gasteiger partial charge in [0.1, 0.15) is 17.3 Å². The van der Waals surface area contributed by atoms with Crippen molar-refractivity contribution >= 4 is 23.5 Å². The number of carbonyl (C=O) groups is 1. The van der Waals surface area contributed by atoms with Crippen molar-refractivity contribution in [3.63, 3.8) is 0 Å². The molecule has 7 nitrogen and oxygen atoms in total. The number of piperazine rings is 1. The Bertz CT molecular complexity index is 954. The van der Waals surface area contributed by atoms with Crippen LogP contribution in [0.2, 0.25) is 0 Å². The number of thioether (sulfide) groups is 1. The van der Waals surface area contributed by atoms with Crippen molar-refractivity contribution in [2.75, 3.05) is 37.3 Å². The smallest absolute Gasteiger partial charge is 0.272 e. The molecule has 0 N–H and O–H groups in total. The number of amides is 1. The number of aromatic nitrogens is 4. The molecule has 28 heavy (non-hydrogen) atoms. The minimum absolute atomic E-state index is 0.0871. The van der Waals surface area contributed by atoms with Crippen LogP contribution in [-0.2, 0) is 0 Å². The van der Waals surface area contributed by atoms with E-state index in [9.17, 15) is 9.18 Å². The van der Waals surface area contributed by atoms with Crippen molar-refractivity contribution in [2.24, 2.45) is 0 Å². The molecular formula is C19H19FN6OS. The summed E-state index contributed by atoms with van der Waals surface area (Å²) in [4.78, 5) is 29.9. The number of hydrogen-bond acceptors (Lipinski definition) is 6. The van der Waals surface area contributed by atoms with Gasteiger partial charge in [-0.05, 0) is 30.5 Å². The molecule has 2 aromatic heterocycles. The van der Waals surface area contributed by atoms with Gasteiger partial charge in [-0.3, -0.25) is 14.3 Å². The van der Waals surface area contributed by atoms with Crippen LogP contribution < -0.4 is 4.90 Å². The minimum atomic E-state index is -0.317. The Balaban J connectivity index is 1.54. The molecule has 0 aliphatic carbocycles. The summed E-state index contributed by atoms with van der Waals surface area (Å²) in [7, 11) is 0. The number of hydrogen-bond donors (Lipinski definition) is 0. The Kier molecular flexibility index (Phi) is 5.25. The quantitative estimate of drug-likeness (QED) is 0.629. The summed E-state index contributed by atoms with van der Waals surface area (Å²) in [6.45, 7) is 2.53. The maximum absolute atomic E-state index is 13.3. The van der Waals surface area contributed by atoms with Gasteiger partial charge in [-0.1, -0.05) is 11.8 Å². The second kappa shape index (κ2) is 7.97. The second-order valence-electron chi connectivity index (χ2n) is 6.28. The Morgan fingerprint density at radius 2 is 1.79 bits per heavy atom. The molecule has 0 saturated carbocycles. The van der Waals surface area contributed by atoms with Gasteiger partial charge in [0.25, 0.3) is 5.91 Å². The van der Waals surface area contributed by atoms with E-state index in [2.05, 4.69) is 19.9 Å². The van der Waals surface area contributed by atoms with Crippen molar-refractivity contribution in [2.45, 2.75) is 5.16 Å². The predicted molar refractivity (Wildman–Crippen MR) is 105 cm³/mol. The molecule has 0 bridgehead atoms. The fourth-order valence-electron chi connectivity index (χ4n) is 3.22. The number of carbonyl (C=O) groups excluding carboxylic acids is 1. The molecule has 1 aromatic carbocycles. The van der Waals surface area contributed by atoms with E-state index in [0.717, 1.165) is 5.82 Å². The standard InChI is InChI=1S/C19H19FN6OS/c1-28-19-23-12-16(26(19)15-4-2-14(20)3-5-15)18(27)25-10-8-24(9-11-25)17-13-21-6-7-22-17/h2-7,12-13H,8-11H2,1H3. The summed E-state index contributed by atoms with van der Waals surface area (Å²) in [5.41, 5.74) is 1.19. The molecule has 1 saturated heterocycles. The van der Waals surface area contributed by atoms with E-state index in [4.69, 9.17) is 0 Å². The lowest BCUT2D eigenvalue weighted by molar-refractivity contribution is 0.0737. The van der Waals surface area contributed by atoms with Gasteiger partial charge in [0.2, 0.25) is 0 Å². The number of benzene rings is 1. The highest BCUT2D eigenvalue weighted by Crippen LogP contribution is 2.23. The van der Waals surface area contributed by atoms with Crippen LogP contribution in [0.25, 0.3) is 5.69 Å². The van der Waals surface area contributed by atoms with Gasteiger partial charge in [0.05, 0.1) is 12.4 Å². The van der Waals surface area contributed by atoms with Gasteiger partial charge in [0, 0.05) is 44.3 Å². The molecule has 9 heteroatoms. The van der Waals surface area contributed by atoms with Gasteiger partial charge in [-0.2, -0.15) is 0 Å². The number of halogens is 1. The van der Waals surface area contributed by atoms with Crippen molar-refractivity contribution in [3.05, 3.63) is 60.6 Å². The van der Waals surface area contributed by atoms with Crippen molar-refractivity contribution < 1.29 is 9.18 Å². The van der Waals surface area contributed by atoms with Crippen molar-refractivity contribution in [1.82, 2.24) is 24.4 Å². The molecule has 144 valence electrons. The summed E-state index contributed by atoms with van der Waals surface area (Å²) in [5.74, 6) is 0.411. The van der Waals surface area contributed by atoms with Crippen LogP contribution in [-0.4, -0.2) is 62.8 Å². The molecule has 0 radical (unpaired) electrons. The summed E-state index contributed by atoms with van der Waals surface area (Å²) in [5, 5.41) is 0.688. The van der Waals surface area contributed by atoms with Crippen LogP contribution in [0.3, 0.4) is 0 Å². The number of nitrogens with zero attached hydrogens (tertiary/aromatic N) is 6. The van der Waals surface area contributed by atoms with E-state index in [-0.39, 0.29) is 11.7 Å². The van der Waals surface area contributed by atoms with E-state index < -0.39 is 0 Å². The van der Waals surface area contributed by atoms with Crippen molar-refractivity contribution in [3.8, 4) is 5.69 Å². The summed E-state index contributed by atoms with van der Waals surface area (Å²) in [6.07, 6.45) is 8.52. The van der Waals surface area contributed by atoms with E-state index in [1.54, 1.807) is 41.5 Å². The summed E-state index contributed by atoms with van der Waals surface area (Å²) >= 11 is 1.44. The Morgan fingerprint density at radius 1 is 1.04 bits per heavy atom. The zero-order valence-electron chi connectivity index (χ0n) is 15.3. The van der Waals surface area contributed by atoms with Gasteiger partial charge in [-0.25, -0.2) is 14.4 Å². The highest BCUT2D eigenvalue weighted by molar-refractivity contribution is 7.98. The molecule has 0 spiro atoms. The maximum atomic E-state index is 13.3. The van der Waals surface area contributed by atoms with Crippen LogP contribution in [0.4, 0.5) is 10.2 Å². The Morgan fingerprint density at radius 3 is 2.43 bits per heavy atom. The predicted octanol–water partition coefficient (Wildman–Crippen LogP) is 2.49. The van der Waals surface area contributed by atoms with Crippen LogP contribution in [0.15, 0.2) is 54.2 Å². The molecule has 1 fully saturated rings. The molecule has 4 rings (SSSR count). The SMILES string of the molecule is CSc1ncc(C(=O)N2CCN(c3cnccn3)CC2)n1-c1ccc(F)cc1. The largest absolute Gasteiger partial charge is 0.352 e. The van der Waals surface area contributed by atoms with E-state index in [1.165, 1.54) is 23.9 Å². The zero-order valence-corrected chi connectivity index (χ0v) is 16.1. The van der Waals surface area contributed by atoms with E-state index in [1.807, 2.05) is 11.2 Å². The van der Waals surface area contributed by atoms with Gasteiger partial charge < -0.3 is 9.80 Å². The molecule has 0 unspecified atom stereocenters. The number of anilines is 1. The van der Waals surface area contributed by atoms with Gasteiger partial charge in [-0.15, -0.1) is 0 Å². The first-order valence-corrected chi connectivity index (χ1v) is 10.1. The normalized spacial score (nSPS) is 14.4. The third-order valence-corrected chi connectivity index (χ3v) is 5.31. The molecular weight excluding hydrogens is 379 g/mol. The monoisotopic (exact) mass is 398 g/mol. The van der Waals surface area contributed by atoms with Crippen LogP contribution in [0, 0.1) is 5.82 Å². The van der Waals surface area contributed by atoms with Crippen molar-refractivity contribution in [1.29, 1.82) is 0 Å². The first kappa shape index (κ1) is 18.4. The Labute approximate surface area is 166 Å². The molecule has 0 atom stereocenters. The molecule has 1 aliphatic rings. The van der Waals surface area contributed by atoms with Crippen LogP contribution >= 0.6 is 11.8 Å². The lowest BCUT2D eigenvalue weighted by Gasteiger charge is -2.35. The molecule has 3 aromatic rings. The average Bonchev–Trinajstić information content (AvgIpc) is 3.18. The average molecular weight is 398 g/mol. The lowest BCUT2D eigenvalue weighted by atomic mass is 10.2. The minimum Gasteiger partial charge on any atom is -0.352 e. The topological polar surface area (TPSA) is 67.2 Å². The highest BCUT2D eigenvalue weighted by Gasteiger charge is 2.26. The Hall–Kier alpha value is -2.94. The van der Waals surface area contributed by atoms with Gasteiger partial charge in [0.15, 0.2) is 5.16 Å². The maximum Gasteiger partial charge on any atom is 0.272 e. The lowest BCUT2D eigenvalue weighted by Crippen LogP contribution is -2.49. The molecule has 1 aliphatic heterocycles. The fraction of sp³-hybridized carbons (Fsp3) is 0.263. The van der Waals surface area contributed by atoms with E-state index in [0.29, 0.717) is 42.7 Å². The summed E-state index contributed by atoms with van der Waals surface area (Å²) < 4.78 is 15.1.